The zero-order valence-electron chi connectivity index (χ0n) is 27.2. The van der Waals surface area contributed by atoms with Gasteiger partial charge in [-0.05, 0) is 50.8 Å². The van der Waals surface area contributed by atoms with Gasteiger partial charge in [0.2, 0.25) is 5.89 Å². The predicted octanol–water partition coefficient (Wildman–Crippen LogP) is 4.08. The van der Waals surface area contributed by atoms with Crippen molar-refractivity contribution in [3.8, 4) is 11.6 Å². The van der Waals surface area contributed by atoms with Crippen LogP contribution in [0.1, 0.15) is 58.3 Å². The first kappa shape index (κ1) is 35.9. The number of likely N-dealkylation sites (tertiary alicyclic amines) is 1. The van der Waals surface area contributed by atoms with Crippen LogP contribution >= 0.6 is 11.3 Å². The molecule has 0 spiro atoms. The highest BCUT2D eigenvalue weighted by molar-refractivity contribution is 7.09. The Morgan fingerprint density at radius 3 is 2.48 bits per heavy atom. The van der Waals surface area contributed by atoms with Crippen molar-refractivity contribution in [1.29, 1.82) is 0 Å². The van der Waals surface area contributed by atoms with Crippen molar-refractivity contribution in [2.24, 2.45) is 5.73 Å². The number of carbonyl (C=O) groups excluding carboxylic acids is 1. The molecule has 15 heteroatoms. The smallest absolute Gasteiger partial charge is 0.328 e. The molecule has 1 aromatic carbocycles. The van der Waals surface area contributed by atoms with Gasteiger partial charge >= 0.3 is 11.9 Å². The van der Waals surface area contributed by atoms with Gasteiger partial charge in [-0.3, -0.25) is 4.79 Å². The molecule has 0 saturated carbocycles. The van der Waals surface area contributed by atoms with Crippen LogP contribution in [-0.4, -0.2) is 87.0 Å². The minimum absolute atomic E-state index is 0.0385. The van der Waals surface area contributed by atoms with E-state index >= 15 is 0 Å². The van der Waals surface area contributed by atoms with Crippen LogP contribution in [0.15, 0.2) is 64.4 Å². The van der Waals surface area contributed by atoms with Crippen LogP contribution in [0, 0.1) is 6.92 Å². The third kappa shape index (κ3) is 9.53. The fraction of sp³-hybridized carbons (Fsp3) is 0.364. The highest BCUT2D eigenvalue weighted by Gasteiger charge is 2.34. The molecule has 3 aromatic heterocycles. The maximum absolute atomic E-state index is 13.9. The molecule has 2 atom stereocenters. The molecule has 0 aliphatic carbocycles. The summed E-state index contributed by atoms with van der Waals surface area (Å²) in [5.41, 5.74) is 8.70. The molecule has 4 aromatic rings. The number of aromatic nitrogens is 4. The summed E-state index contributed by atoms with van der Waals surface area (Å²) in [5, 5.41) is 27.2. The lowest BCUT2D eigenvalue weighted by Gasteiger charge is -2.24. The van der Waals surface area contributed by atoms with E-state index in [0.29, 0.717) is 61.2 Å². The first-order valence-corrected chi connectivity index (χ1v) is 16.0. The van der Waals surface area contributed by atoms with Crippen LogP contribution in [0.25, 0.3) is 11.6 Å². The van der Waals surface area contributed by atoms with Crippen molar-refractivity contribution >= 4 is 35.0 Å². The molecule has 14 nitrogen and oxygen atoms in total. The summed E-state index contributed by atoms with van der Waals surface area (Å²) < 4.78 is 11.3. The number of benzene rings is 1. The molecule has 48 heavy (non-hydrogen) atoms. The number of pyridine rings is 1. The number of carboxylic acid groups (broad SMARTS) is 2. The fourth-order valence-corrected chi connectivity index (χ4v) is 5.98. The molecule has 1 fully saturated rings. The molecular weight excluding hydrogens is 638 g/mol. The minimum atomic E-state index is -1.26. The zero-order chi connectivity index (χ0) is 34.8. The van der Waals surface area contributed by atoms with Gasteiger partial charge in [-0.15, -0.1) is 21.5 Å². The zero-order valence-corrected chi connectivity index (χ0v) is 28.0. The third-order valence-electron chi connectivity index (χ3n) is 7.43. The van der Waals surface area contributed by atoms with Crippen molar-refractivity contribution in [2.75, 3.05) is 38.8 Å². The van der Waals surface area contributed by atoms with E-state index in [-0.39, 0.29) is 17.8 Å². The van der Waals surface area contributed by atoms with Gasteiger partial charge in [0.15, 0.2) is 0 Å². The number of aliphatic carboxylic acids is 2. The summed E-state index contributed by atoms with van der Waals surface area (Å²) in [6.07, 6.45) is 3.46. The van der Waals surface area contributed by atoms with E-state index in [4.69, 9.17) is 30.1 Å². The van der Waals surface area contributed by atoms with Crippen LogP contribution in [0.2, 0.25) is 0 Å². The predicted molar refractivity (Wildman–Crippen MR) is 179 cm³/mol. The molecule has 0 unspecified atom stereocenters. The van der Waals surface area contributed by atoms with Crippen molar-refractivity contribution in [3.05, 3.63) is 87.7 Å². The highest BCUT2D eigenvalue weighted by Crippen LogP contribution is 2.36. The maximum Gasteiger partial charge on any atom is 0.328 e. The Hall–Kier alpha value is -4.99. The highest BCUT2D eigenvalue weighted by atomic mass is 32.1. The molecule has 4 N–H and O–H groups in total. The maximum atomic E-state index is 13.9. The molecule has 5 rings (SSSR count). The van der Waals surface area contributed by atoms with E-state index in [0.717, 1.165) is 29.1 Å². The van der Waals surface area contributed by atoms with Crippen LogP contribution in [0.4, 0.5) is 5.82 Å². The number of nitrogens with zero attached hydrogens (tertiary/aromatic N) is 6. The van der Waals surface area contributed by atoms with Crippen LogP contribution in [0.3, 0.4) is 0 Å². The Balaban J connectivity index is 0.000000579. The molecule has 1 aliphatic rings. The summed E-state index contributed by atoms with van der Waals surface area (Å²) in [7, 11) is 3.56. The Morgan fingerprint density at radius 1 is 1.15 bits per heavy atom. The topological polar surface area (TPSA) is 198 Å². The minimum Gasteiger partial charge on any atom is -0.478 e. The molecule has 1 saturated heterocycles. The number of likely N-dealkylation sites (N-methyl/N-ethyl adjacent to an activating group) is 1. The molecule has 0 radical (unpaired) electrons. The molecule has 1 amide bonds. The number of ether oxygens (including phenoxy) is 1. The van der Waals surface area contributed by atoms with Gasteiger partial charge in [0, 0.05) is 56.0 Å². The van der Waals surface area contributed by atoms with E-state index in [1.165, 1.54) is 0 Å². The number of rotatable bonds is 12. The number of nitrogens with two attached hydrogens (primary N) is 1. The average molecular weight is 678 g/mol. The lowest BCUT2D eigenvalue weighted by Crippen LogP contribution is -2.35. The van der Waals surface area contributed by atoms with E-state index in [9.17, 15) is 14.4 Å². The third-order valence-corrected chi connectivity index (χ3v) is 8.50. The second-order valence-electron chi connectivity index (χ2n) is 11.5. The van der Waals surface area contributed by atoms with Gasteiger partial charge in [0.1, 0.15) is 16.5 Å². The summed E-state index contributed by atoms with van der Waals surface area (Å²) in [6, 6.07) is 13.4. The lowest BCUT2D eigenvalue weighted by atomic mass is 9.94. The monoisotopic (exact) mass is 677 g/mol. The number of amides is 1. The van der Waals surface area contributed by atoms with Gasteiger partial charge in [0.25, 0.3) is 11.8 Å². The van der Waals surface area contributed by atoms with Gasteiger partial charge in [-0.2, -0.15) is 0 Å². The summed E-state index contributed by atoms with van der Waals surface area (Å²) in [6.45, 7) is 5.62. The first-order valence-electron chi connectivity index (χ1n) is 15.1. The summed E-state index contributed by atoms with van der Waals surface area (Å²) in [4.78, 5) is 46.3. The number of carboxylic acids is 2. The van der Waals surface area contributed by atoms with Crippen LogP contribution in [0.5, 0.6) is 0 Å². The largest absolute Gasteiger partial charge is 0.478 e. The number of methoxy groups -OCH3 is 1. The van der Waals surface area contributed by atoms with Gasteiger partial charge in [-0.25, -0.2) is 19.6 Å². The van der Waals surface area contributed by atoms with Crippen LogP contribution in [-0.2, 0) is 26.3 Å². The lowest BCUT2D eigenvalue weighted by molar-refractivity contribution is -0.134. The molecular formula is C33H39N7O7S. The number of aryl methyl sites for hydroxylation is 1. The van der Waals surface area contributed by atoms with Crippen molar-refractivity contribution in [2.45, 2.75) is 44.7 Å². The molecule has 0 bridgehead atoms. The fourth-order valence-electron chi connectivity index (χ4n) is 5.04. The van der Waals surface area contributed by atoms with E-state index in [1.807, 2.05) is 72.5 Å². The molecule has 4 heterocycles. The summed E-state index contributed by atoms with van der Waals surface area (Å²) in [5.74, 6) is -1.46. The number of anilines is 1. The Labute approximate surface area is 281 Å². The normalized spacial score (nSPS) is 15.5. The number of hydrogen-bond acceptors (Lipinski definition) is 12. The van der Waals surface area contributed by atoms with E-state index < -0.39 is 17.5 Å². The second kappa shape index (κ2) is 16.2. The standard InChI is InChI=1S/C29H35N7O3S.C4H4O4/c1-19-18-40-26(31-19)23-11-8-12-36(23)27(37)21-15-22(32-24(16-21)35(3)13-14-38-4)25-33-34-28(39-25)29(2,30)17-20-9-6-5-7-10-20;5-3(6)1-2-4(7)8/h5-7,9-10,15-16,18,23H,8,11-14,17,30H2,1-4H3;1-2H,(H,5,6)(H,7,8)/t23-,29-;/m1./s1. The van der Waals surface area contributed by atoms with Crippen molar-refractivity contribution < 1.29 is 33.8 Å². The van der Waals surface area contributed by atoms with Gasteiger partial charge in [0.05, 0.1) is 18.2 Å². The average Bonchev–Trinajstić information content (AvgIpc) is 3.84. The quantitative estimate of drug-likeness (QED) is 0.181. The van der Waals surface area contributed by atoms with Crippen molar-refractivity contribution in [1.82, 2.24) is 25.1 Å². The summed E-state index contributed by atoms with van der Waals surface area (Å²) >= 11 is 1.60. The van der Waals surface area contributed by atoms with Crippen molar-refractivity contribution in [3.63, 3.8) is 0 Å². The SMILES string of the molecule is COCCN(C)c1cc(C(=O)N2CCC[C@@H]2c2nc(C)cs2)cc(-c2nnc([C@](C)(N)Cc3ccccc3)o2)n1.O=C(O)C=CC(=O)O. The number of hydrogen-bond donors (Lipinski definition) is 3. The van der Waals surface area contributed by atoms with Crippen LogP contribution < -0.4 is 10.6 Å². The first-order chi connectivity index (χ1) is 22.9. The number of thiazole rings is 1. The van der Waals surface area contributed by atoms with E-state index in [1.54, 1.807) is 24.5 Å². The van der Waals surface area contributed by atoms with Gasteiger partial charge < -0.3 is 34.9 Å². The van der Waals surface area contributed by atoms with Gasteiger partial charge in [-0.1, -0.05) is 30.3 Å². The second-order valence-corrected chi connectivity index (χ2v) is 12.4. The Morgan fingerprint density at radius 2 is 1.85 bits per heavy atom. The number of carbonyl (C=O) groups is 3. The molecule has 1 aliphatic heterocycles. The van der Waals surface area contributed by atoms with E-state index in [2.05, 4.69) is 15.2 Å². The molecule has 254 valence electrons. The Bertz CT molecular complexity index is 1720. The Kier molecular flexibility index (Phi) is 12.1.